The molecule has 3 amide bonds. The lowest BCUT2D eigenvalue weighted by Crippen LogP contribution is -2.43. The highest BCUT2D eigenvalue weighted by atomic mass is 16.6. The topological polar surface area (TPSA) is 131 Å². The number of hydrogen-bond acceptors (Lipinski definition) is 6. The Kier molecular flexibility index (Phi) is 9.34. The molecule has 10 heteroatoms. The van der Waals surface area contributed by atoms with E-state index >= 15 is 0 Å². The number of nitrogens with zero attached hydrogens (tertiary/aromatic N) is 2. The summed E-state index contributed by atoms with van der Waals surface area (Å²) >= 11 is 0. The Bertz CT molecular complexity index is 1010. The number of ether oxygens (including phenoxy) is 1. The Morgan fingerprint density at radius 1 is 1.09 bits per heavy atom. The molecule has 0 bridgehead atoms. The normalized spacial score (nSPS) is 10.3. The van der Waals surface area contributed by atoms with Crippen molar-refractivity contribution in [3.63, 3.8) is 0 Å². The Labute approximate surface area is 192 Å². The molecular weight excluding hydrogens is 428 g/mol. The van der Waals surface area contributed by atoms with Crippen molar-refractivity contribution in [2.75, 3.05) is 32.1 Å². The largest absolute Gasteiger partial charge is 0.497 e. The third-order valence-corrected chi connectivity index (χ3v) is 4.88. The lowest BCUT2D eigenvalue weighted by Gasteiger charge is -2.22. The summed E-state index contributed by atoms with van der Waals surface area (Å²) in [6.07, 6.45) is 1.45. The van der Waals surface area contributed by atoms with Gasteiger partial charge in [-0.15, -0.1) is 0 Å². The molecule has 0 saturated carbocycles. The molecule has 0 atom stereocenters. The molecule has 0 fully saturated rings. The van der Waals surface area contributed by atoms with Gasteiger partial charge in [-0.25, -0.2) is 0 Å². The van der Waals surface area contributed by atoms with Crippen molar-refractivity contribution in [2.24, 2.45) is 0 Å². The Balaban J connectivity index is 1.98. The number of carbonyl (C=O) groups excluding carboxylic acids is 3. The zero-order valence-corrected chi connectivity index (χ0v) is 18.9. The van der Waals surface area contributed by atoms with Gasteiger partial charge in [0, 0.05) is 29.4 Å². The number of methoxy groups -OCH3 is 1. The van der Waals surface area contributed by atoms with E-state index in [0.29, 0.717) is 30.0 Å². The summed E-state index contributed by atoms with van der Waals surface area (Å²) in [6.45, 7) is 3.31. The van der Waals surface area contributed by atoms with Gasteiger partial charge in [0.1, 0.15) is 5.75 Å². The minimum Gasteiger partial charge on any atom is -0.497 e. The molecule has 0 saturated heterocycles. The molecule has 2 rings (SSSR count). The average molecular weight is 456 g/mol. The van der Waals surface area contributed by atoms with Gasteiger partial charge in [0.05, 0.1) is 25.1 Å². The first-order valence-corrected chi connectivity index (χ1v) is 10.5. The first kappa shape index (κ1) is 25.3. The predicted molar refractivity (Wildman–Crippen MR) is 123 cm³/mol. The summed E-state index contributed by atoms with van der Waals surface area (Å²) in [7, 11) is 1.54. The molecule has 0 aliphatic heterocycles. The molecule has 0 radical (unpaired) electrons. The van der Waals surface area contributed by atoms with Crippen LogP contribution in [0.3, 0.4) is 0 Å². The number of benzene rings is 2. The lowest BCUT2D eigenvalue weighted by atomic mass is 10.1. The van der Waals surface area contributed by atoms with Crippen molar-refractivity contribution in [2.45, 2.75) is 26.7 Å². The smallest absolute Gasteiger partial charge is 0.273 e. The third kappa shape index (κ3) is 7.60. The Morgan fingerprint density at radius 3 is 2.39 bits per heavy atom. The maximum Gasteiger partial charge on any atom is 0.273 e. The fraction of sp³-hybridized carbons (Fsp3) is 0.348. The second-order valence-corrected chi connectivity index (χ2v) is 7.39. The zero-order valence-electron chi connectivity index (χ0n) is 18.9. The van der Waals surface area contributed by atoms with E-state index in [2.05, 4.69) is 10.6 Å². The number of carbonyl (C=O) groups is 3. The van der Waals surface area contributed by atoms with Crippen molar-refractivity contribution in [3.8, 4) is 5.75 Å². The number of aryl methyl sites for hydroxylation is 1. The van der Waals surface area contributed by atoms with Gasteiger partial charge >= 0.3 is 0 Å². The first-order valence-electron chi connectivity index (χ1n) is 10.5. The van der Waals surface area contributed by atoms with Crippen LogP contribution in [0.15, 0.2) is 42.5 Å². The fourth-order valence-electron chi connectivity index (χ4n) is 3.01. The summed E-state index contributed by atoms with van der Waals surface area (Å²) in [5, 5.41) is 16.4. The number of amides is 3. The summed E-state index contributed by atoms with van der Waals surface area (Å²) in [4.78, 5) is 49.5. The molecule has 2 aromatic rings. The van der Waals surface area contributed by atoms with Crippen LogP contribution in [0.4, 0.5) is 11.4 Å². The summed E-state index contributed by atoms with van der Waals surface area (Å²) in [5.74, 6) is -0.763. The van der Waals surface area contributed by atoms with Crippen LogP contribution in [0.5, 0.6) is 5.75 Å². The number of nitro groups is 1. The fourth-order valence-corrected chi connectivity index (χ4v) is 3.01. The minimum atomic E-state index is -0.545. The van der Waals surface area contributed by atoms with Crippen LogP contribution in [-0.4, -0.2) is 54.3 Å². The standard InChI is InChI=1S/C23H28N4O6/c1-4-5-12-26(23(30)17-7-6-16(2)20(13-17)27(31)32)15-22(29)24-14-21(28)25-18-8-10-19(33-3)11-9-18/h6-11,13H,4-5,12,14-15H2,1-3H3,(H,24,29)(H,25,28). The number of nitrogens with one attached hydrogen (secondary N) is 2. The average Bonchev–Trinajstić information content (AvgIpc) is 2.80. The van der Waals surface area contributed by atoms with E-state index in [1.54, 1.807) is 31.2 Å². The van der Waals surface area contributed by atoms with Gasteiger partial charge in [0.15, 0.2) is 0 Å². The van der Waals surface area contributed by atoms with Gasteiger partial charge < -0.3 is 20.3 Å². The van der Waals surface area contributed by atoms with E-state index in [9.17, 15) is 24.5 Å². The maximum absolute atomic E-state index is 12.9. The van der Waals surface area contributed by atoms with Crippen LogP contribution in [0, 0.1) is 17.0 Å². The first-order chi connectivity index (χ1) is 15.7. The molecule has 0 spiro atoms. The molecule has 33 heavy (non-hydrogen) atoms. The van der Waals surface area contributed by atoms with Crippen LogP contribution < -0.4 is 15.4 Å². The van der Waals surface area contributed by atoms with Gasteiger partial charge in [0.25, 0.3) is 11.6 Å². The van der Waals surface area contributed by atoms with E-state index in [0.717, 1.165) is 6.42 Å². The maximum atomic E-state index is 12.9. The van der Waals surface area contributed by atoms with E-state index in [1.807, 2.05) is 6.92 Å². The second-order valence-electron chi connectivity index (χ2n) is 7.39. The summed E-state index contributed by atoms with van der Waals surface area (Å²) in [5.41, 5.74) is 0.970. The molecule has 0 aliphatic rings. The SMILES string of the molecule is CCCCN(CC(=O)NCC(=O)Nc1ccc(OC)cc1)C(=O)c1ccc(C)c([N+](=O)[O-])c1. The zero-order chi connectivity index (χ0) is 24.4. The second kappa shape index (κ2) is 12.2. The molecule has 10 nitrogen and oxygen atoms in total. The highest BCUT2D eigenvalue weighted by molar-refractivity contribution is 5.98. The van der Waals surface area contributed by atoms with Crippen LogP contribution >= 0.6 is 0 Å². The third-order valence-electron chi connectivity index (χ3n) is 4.88. The number of hydrogen-bond donors (Lipinski definition) is 2. The number of rotatable bonds is 11. The van der Waals surface area contributed by atoms with E-state index in [-0.39, 0.29) is 24.3 Å². The molecular formula is C23H28N4O6. The monoisotopic (exact) mass is 456 g/mol. The van der Waals surface area contributed by atoms with Crippen LogP contribution in [0.25, 0.3) is 0 Å². The van der Waals surface area contributed by atoms with Crippen LogP contribution in [0.2, 0.25) is 0 Å². The van der Waals surface area contributed by atoms with E-state index in [4.69, 9.17) is 4.74 Å². The molecule has 0 aromatic heterocycles. The molecule has 0 unspecified atom stereocenters. The molecule has 0 heterocycles. The molecule has 176 valence electrons. The Morgan fingerprint density at radius 2 is 1.79 bits per heavy atom. The Hall–Kier alpha value is -3.95. The number of nitro benzene ring substituents is 1. The van der Waals surface area contributed by atoms with Crippen molar-refractivity contribution in [1.82, 2.24) is 10.2 Å². The molecule has 2 N–H and O–H groups in total. The predicted octanol–water partition coefficient (Wildman–Crippen LogP) is 2.91. The van der Waals surface area contributed by atoms with Gasteiger partial charge in [-0.3, -0.25) is 24.5 Å². The highest BCUT2D eigenvalue weighted by Gasteiger charge is 2.22. The minimum absolute atomic E-state index is 0.133. The molecule has 0 aliphatic carbocycles. The van der Waals surface area contributed by atoms with Crippen molar-refractivity contribution < 1.29 is 24.0 Å². The lowest BCUT2D eigenvalue weighted by molar-refractivity contribution is -0.385. The summed E-state index contributed by atoms with van der Waals surface area (Å²) < 4.78 is 5.06. The van der Waals surface area contributed by atoms with Gasteiger partial charge in [-0.2, -0.15) is 0 Å². The quantitative estimate of drug-likeness (QED) is 0.395. The van der Waals surface area contributed by atoms with Crippen molar-refractivity contribution >= 4 is 29.1 Å². The van der Waals surface area contributed by atoms with Crippen LogP contribution in [0.1, 0.15) is 35.7 Å². The summed E-state index contributed by atoms with van der Waals surface area (Å²) in [6, 6.07) is 11.0. The number of unbranched alkanes of at least 4 members (excludes halogenated alkanes) is 1. The van der Waals surface area contributed by atoms with Gasteiger partial charge in [-0.1, -0.05) is 19.4 Å². The highest BCUT2D eigenvalue weighted by Crippen LogP contribution is 2.20. The molecule has 2 aromatic carbocycles. The van der Waals surface area contributed by atoms with Gasteiger partial charge in [0.2, 0.25) is 11.8 Å². The van der Waals surface area contributed by atoms with Crippen molar-refractivity contribution in [1.29, 1.82) is 0 Å². The van der Waals surface area contributed by atoms with Crippen molar-refractivity contribution in [3.05, 3.63) is 63.7 Å². The van der Waals surface area contributed by atoms with Gasteiger partial charge in [-0.05, 0) is 43.7 Å². The number of anilines is 1. The van der Waals surface area contributed by atoms with Crippen LogP contribution in [-0.2, 0) is 9.59 Å². The van der Waals surface area contributed by atoms with E-state index < -0.39 is 22.6 Å². The van der Waals surface area contributed by atoms with E-state index in [1.165, 1.54) is 30.2 Å².